The summed E-state index contributed by atoms with van der Waals surface area (Å²) in [5.41, 5.74) is 7.40. The highest BCUT2D eigenvalue weighted by Gasteiger charge is 1.88. The molecule has 0 atom stereocenters. The fourth-order valence-corrected chi connectivity index (χ4v) is 0.807. The molecule has 1 aromatic rings. The molecule has 0 aliphatic rings. The van der Waals surface area contributed by atoms with Crippen LogP contribution in [0.15, 0.2) is 24.3 Å². The molecule has 0 aliphatic carbocycles. The standard InChI is InChI=1S/C8H10.C3H8N2O/c1-7-4-3-5-8(2)6-7;1-5(2)3(4)6/h3-6H,1-2H3;1-2H3,(H2,4,6). The summed E-state index contributed by atoms with van der Waals surface area (Å²) < 4.78 is 0. The summed E-state index contributed by atoms with van der Waals surface area (Å²) in [6.07, 6.45) is 0. The zero-order valence-electron chi connectivity index (χ0n) is 9.24. The van der Waals surface area contributed by atoms with E-state index in [4.69, 9.17) is 5.73 Å². The largest absolute Gasteiger partial charge is 0.352 e. The number of carbonyl (C=O) groups is 1. The molecule has 0 heterocycles. The molecule has 0 aliphatic heterocycles. The molecule has 2 N–H and O–H groups in total. The monoisotopic (exact) mass is 194 g/mol. The molecule has 0 aromatic heterocycles. The summed E-state index contributed by atoms with van der Waals surface area (Å²) in [5, 5.41) is 0. The van der Waals surface area contributed by atoms with Crippen LogP contribution in [0.5, 0.6) is 0 Å². The van der Waals surface area contributed by atoms with Crippen LogP contribution < -0.4 is 5.73 Å². The molecule has 3 heteroatoms. The van der Waals surface area contributed by atoms with E-state index in [0.29, 0.717) is 0 Å². The average Bonchev–Trinajstić information content (AvgIpc) is 2.04. The first-order valence-electron chi connectivity index (χ1n) is 4.43. The summed E-state index contributed by atoms with van der Waals surface area (Å²) in [7, 11) is 3.20. The van der Waals surface area contributed by atoms with Crippen LogP contribution in [0.3, 0.4) is 0 Å². The maximum Gasteiger partial charge on any atom is 0.314 e. The Labute approximate surface area is 85.5 Å². The van der Waals surface area contributed by atoms with Crippen molar-refractivity contribution in [2.45, 2.75) is 13.8 Å². The molecule has 1 rings (SSSR count). The van der Waals surface area contributed by atoms with Gasteiger partial charge < -0.3 is 10.6 Å². The molecule has 0 saturated heterocycles. The molecule has 0 spiro atoms. The zero-order chi connectivity index (χ0) is 11.1. The fourth-order valence-electron chi connectivity index (χ4n) is 0.807. The normalized spacial score (nSPS) is 8.57. The number of urea groups is 1. The van der Waals surface area contributed by atoms with E-state index in [1.807, 2.05) is 0 Å². The fraction of sp³-hybridized carbons (Fsp3) is 0.364. The quantitative estimate of drug-likeness (QED) is 0.674. The molecule has 78 valence electrons. The topological polar surface area (TPSA) is 46.3 Å². The molecule has 0 saturated carbocycles. The zero-order valence-corrected chi connectivity index (χ0v) is 9.24. The van der Waals surface area contributed by atoms with E-state index in [0.717, 1.165) is 0 Å². The van der Waals surface area contributed by atoms with Crippen LogP contribution in [0.4, 0.5) is 4.79 Å². The SMILES string of the molecule is CN(C)C(N)=O.Cc1cccc(C)c1. The van der Waals surface area contributed by atoms with E-state index < -0.39 is 6.03 Å². The van der Waals surface area contributed by atoms with Crippen molar-refractivity contribution in [3.63, 3.8) is 0 Å². The van der Waals surface area contributed by atoms with E-state index in [-0.39, 0.29) is 0 Å². The number of primary amides is 1. The van der Waals surface area contributed by atoms with E-state index in [9.17, 15) is 4.79 Å². The van der Waals surface area contributed by atoms with Crippen LogP contribution in [-0.2, 0) is 0 Å². The van der Waals surface area contributed by atoms with E-state index in [2.05, 4.69) is 38.1 Å². The summed E-state index contributed by atoms with van der Waals surface area (Å²) in [5.74, 6) is 0. The van der Waals surface area contributed by atoms with Gasteiger partial charge in [0.2, 0.25) is 0 Å². The van der Waals surface area contributed by atoms with Gasteiger partial charge in [-0.25, -0.2) is 4.79 Å². The molecule has 0 fully saturated rings. The molecular weight excluding hydrogens is 176 g/mol. The Morgan fingerprint density at radius 3 is 1.71 bits per heavy atom. The molecule has 14 heavy (non-hydrogen) atoms. The molecule has 1 aromatic carbocycles. The highest BCUT2D eigenvalue weighted by molar-refractivity contribution is 5.71. The number of carbonyl (C=O) groups excluding carboxylic acids is 1. The van der Waals surface area contributed by atoms with E-state index >= 15 is 0 Å². The second kappa shape index (κ2) is 6.02. The Morgan fingerprint density at radius 1 is 1.21 bits per heavy atom. The minimum absolute atomic E-state index is 0.407. The number of hydrogen-bond donors (Lipinski definition) is 1. The minimum Gasteiger partial charge on any atom is -0.352 e. The summed E-state index contributed by atoms with van der Waals surface area (Å²) in [4.78, 5) is 11.2. The Morgan fingerprint density at radius 2 is 1.57 bits per heavy atom. The van der Waals surface area contributed by atoms with Gasteiger partial charge in [-0.2, -0.15) is 0 Å². The van der Waals surface area contributed by atoms with Gasteiger partial charge in [0.15, 0.2) is 0 Å². The van der Waals surface area contributed by atoms with Gasteiger partial charge in [0.25, 0.3) is 0 Å². The number of amides is 2. The second-order valence-electron chi connectivity index (χ2n) is 3.39. The maximum atomic E-state index is 9.85. The Kier molecular flexibility index (Phi) is 5.37. The number of aryl methyl sites for hydroxylation is 2. The first-order valence-corrected chi connectivity index (χ1v) is 4.43. The summed E-state index contributed by atoms with van der Waals surface area (Å²) in [6, 6.07) is 8.04. The lowest BCUT2D eigenvalue weighted by molar-refractivity contribution is 0.227. The van der Waals surface area contributed by atoms with Gasteiger partial charge in [0.1, 0.15) is 0 Å². The number of nitrogens with zero attached hydrogens (tertiary/aromatic N) is 1. The molecule has 0 radical (unpaired) electrons. The number of nitrogens with two attached hydrogens (primary N) is 1. The highest BCUT2D eigenvalue weighted by Crippen LogP contribution is 2.00. The third kappa shape index (κ3) is 6.06. The second-order valence-corrected chi connectivity index (χ2v) is 3.39. The molecule has 2 amide bonds. The third-order valence-corrected chi connectivity index (χ3v) is 1.61. The van der Waals surface area contributed by atoms with Gasteiger partial charge in [-0.15, -0.1) is 0 Å². The van der Waals surface area contributed by atoms with Crippen molar-refractivity contribution >= 4 is 6.03 Å². The van der Waals surface area contributed by atoms with Crippen molar-refractivity contribution in [2.75, 3.05) is 14.1 Å². The average molecular weight is 194 g/mol. The van der Waals surface area contributed by atoms with Gasteiger partial charge in [0.05, 0.1) is 0 Å². The molecule has 0 unspecified atom stereocenters. The Bertz CT molecular complexity index is 278. The van der Waals surface area contributed by atoms with E-state index in [1.165, 1.54) is 16.0 Å². The van der Waals surface area contributed by atoms with Crippen molar-refractivity contribution in [1.82, 2.24) is 4.90 Å². The van der Waals surface area contributed by atoms with Crippen molar-refractivity contribution in [3.8, 4) is 0 Å². The van der Waals surface area contributed by atoms with Crippen LogP contribution in [-0.4, -0.2) is 25.0 Å². The van der Waals surface area contributed by atoms with Crippen LogP contribution in [0.1, 0.15) is 11.1 Å². The van der Waals surface area contributed by atoms with E-state index in [1.54, 1.807) is 14.1 Å². The van der Waals surface area contributed by atoms with Crippen LogP contribution in [0, 0.1) is 13.8 Å². The van der Waals surface area contributed by atoms with Crippen LogP contribution in [0.25, 0.3) is 0 Å². The predicted molar refractivity (Wildman–Crippen MR) is 59.2 cm³/mol. The van der Waals surface area contributed by atoms with Gasteiger partial charge in [-0.3, -0.25) is 0 Å². The van der Waals surface area contributed by atoms with Crippen molar-refractivity contribution in [1.29, 1.82) is 0 Å². The number of benzene rings is 1. The highest BCUT2D eigenvalue weighted by atomic mass is 16.2. The summed E-state index contributed by atoms with van der Waals surface area (Å²) >= 11 is 0. The molecule has 0 bridgehead atoms. The predicted octanol–water partition coefficient (Wildman–Crippen LogP) is 1.93. The Balaban J connectivity index is 0.000000255. The number of hydrogen-bond acceptors (Lipinski definition) is 1. The minimum atomic E-state index is -0.407. The lowest BCUT2D eigenvalue weighted by Crippen LogP contribution is -2.27. The maximum absolute atomic E-state index is 9.85. The third-order valence-electron chi connectivity index (χ3n) is 1.61. The van der Waals surface area contributed by atoms with Crippen molar-refractivity contribution < 1.29 is 4.79 Å². The van der Waals surface area contributed by atoms with Crippen molar-refractivity contribution in [2.24, 2.45) is 5.73 Å². The molecular formula is C11H18N2O. The first kappa shape index (κ1) is 12.5. The van der Waals surface area contributed by atoms with Gasteiger partial charge >= 0.3 is 6.03 Å². The first-order chi connectivity index (χ1) is 6.43. The number of rotatable bonds is 0. The lowest BCUT2D eigenvalue weighted by Gasteiger charge is -2.01. The molecule has 3 nitrogen and oxygen atoms in total. The smallest absolute Gasteiger partial charge is 0.314 e. The van der Waals surface area contributed by atoms with Gasteiger partial charge in [-0.05, 0) is 13.8 Å². The van der Waals surface area contributed by atoms with Crippen LogP contribution in [0.2, 0.25) is 0 Å². The summed E-state index contributed by atoms with van der Waals surface area (Å²) in [6.45, 7) is 4.21. The van der Waals surface area contributed by atoms with Crippen LogP contribution >= 0.6 is 0 Å². The lowest BCUT2D eigenvalue weighted by atomic mass is 10.2. The van der Waals surface area contributed by atoms with Gasteiger partial charge in [-0.1, -0.05) is 35.4 Å². The van der Waals surface area contributed by atoms with Crippen molar-refractivity contribution in [3.05, 3.63) is 35.4 Å². The Hall–Kier alpha value is -1.51. The van der Waals surface area contributed by atoms with Gasteiger partial charge in [0, 0.05) is 14.1 Å².